The summed E-state index contributed by atoms with van der Waals surface area (Å²) in [4.78, 5) is 11.8. The molecule has 18 heavy (non-hydrogen) atoms. The molecule has 1 aliphatic carbocycles. The molecule has 2 aliphatic rings. The Morgan fingerprint density at radius 1 is 1.11 bits per heavy atom. The summed E-state index contributed by atoms with van der Waals surface area (Å²) in [6, 6.07) is 0. The van der Waals surface area contributed by atoms with Gasteiger partial charge in [0.15, 0.2) is 0 Å². The molecule has 3 heteroatoms. The molecular weight excluding hydrogens is 228 g/mol. The molecule has 3 nitrogen and oxygen atoms in total. The van der Waals surface area contributed by atoms with Gasteiger partial charge in [-0.3, -0.25) is 4.79 Å². The summed E-state index contributed by atoms with van der Waals surface area (Å²) < 4.78 is 10.8. The maximum Gasteiger partial charge on any atom is 0.309 e. The van der Waals surface area contributed by atoms with Gasteiger partial charge in [0.1, 0.15) is 0 Å². The van der Waals surface area contributed by atoms with Gasteiger partial charge in [0, 0.05) is 0 Å². The molecule has 1 saturated carbocycles. The minimum absolute atomic E-state index is 0.0116. The van der Waals surface area contributed by atoms with E-state index in [1.807, 2.05) is 0 Å². The number of hydrogen-bond acceptors (Lipinski definition) is 3. The second kappa shape index (κ2) is 7.13. The van der Waals surface area contributed by atoms with E-state index in [-0.39, 0.29) is 11.9 Å². The number of epoxide rings is 1. The fourth-order valence-electron chi connectivity index (χ4n) is 2.79. The number of ether oxygens (including phenoxy) is 2. The highest BCUT2D eigenvalue weighted by atomic mass is 16.6. The standard InChI is InChI=1S/C15H26O3/c1-2-3-4-5-6-7-10-17-15(16)12-8-9-13-14(11-12)18-13/h12-14H,2-11H2,1H3. The Bertz CT molecular complexity index is 264. The Kier molecular flexibility index (Phi) is 5.48. The van der Waals surface area contributed by atoms with E-state index in [1.54, 1.807) is 0 Å². The van der Waals surface area contributed by atoms with Crippen LogP contribution < -0.4 is 0 Å². The lowest BCUT2D eigenvalue weighted by Crippen LogP contribution is -2.24. The van der Waals surface area contributed by atoms with Crippen molar-refractivity contribution in [3.8, 4) is 0 Å². The van der Waals surface area contributed by atoms with Gasteiger partial charge in [-0.1, -0.05) is 39.0 Å². The molecule has 1 heterocycles. The van der Waals surface area contributed by atoms with Crippen molar-refractivity contribution in [3.05, 3.63) is 0 Å². The molecule has 2 fully saturated rings. The Balaban J connectivity index is 1.47. The smallest absolute Gasteiger partial charge is 0.309 e. The average Bonchev–Trinajstić information content (AvgIpc) is 3.15. The molecule has 0 aromatic carbocycles. The zero-order valence-corrected chi connectivity index (χ0v) is 11.5. The number of hydrogen-bond donors (Lipinski definition) is 0. The Morgan fingerprint density at radius 2 is 1.89 bits per heavy atom. The molecule has 3 unspecified atom stereocenters. The number of fused-ring (bicyclic) bond motifs is 1. The molecule has 1 aliphatic heterocycles. The van der Waals surface area contributed by atoms with Crippen molar-refractivity contribution in [3.63, 3.8) is 0 Å². The van der Waals surface area contributed by atoms with Crippen LogP contribution in [0.3, 0.4) is 0 Å². The Labute approximate surface area is 110 Å². The largest absolute Gasteiger partial charge is 0.465 e. The fraction of sp³-hybridized carbons (Fsp3) is 0.933. The van der Waals surface area contributed by atoms with Gasteiger partial charge < -0.3 is 9.47 Å². The summed E-state index contributed by atoms with van der Waals surface area (Å²) in [6.45, 7) is 2.83. The third-order valence-corrected chi connectivity index (χ3v) is 4.08. The summed E-state index contributed by atoms with van der Waals surface area (Å²) >= 11 is 0. The third-order valence-electron chi connectivity index (χ3n) is 4.08. The summed E-state index contributed by atoms with van der Waals surface area (Å²) in [6.07, 6.45) is 11.1. The number of esters is 1. The van der Waals surface area contributed by atoms with Crippen LogP contribution in [-0.4, -0.2) is 24.8 Å². The molecule has 104 valence electrons. The van der Waals surface area contributed by atoms with Gasteiger partial charge in [-0.05, 0) is 25.7 Å². The Hall–Kier alpha value is -0.570. The van der Waals surface area contributed by atoms with Gasteiger partial charge in [-0.2, -0.15) is 0 Å². The van der Waals surface area contributed by atoms with Gasteiger partial charge >= 0.3 is 5.97 Å². The first-order valence-electron chi connectivity index (χ1n) is 7.63. The van der Waals surface area contributed by atoms with E-state index >= 15 is 0 Å². The fourth-order valence-corrected chi connectivity index (χ4v) is 2.79. The van der Waals surface area contributed by atoms with Crippen LogP contribution in [0, 0.1) is 5.92 Å². The van der Waals surface area contributed by atoms with E-state index in [4.69, 9.17) is 9.47 Å². The van der Waals surface area contributed by atoms with Gasteiger partial charge in [0.25, 0.3) is 0 Å². The molecule has 0 aromatic rings. The quantitative estimate of drug-likeness (QED) is 0.378. The highest BCUT2D eigenvalue weighted by Gasteiger charge is 2.46. The van der Waals surface area contributed by atoms with Crippen molar-refractivity contribution in [1.82, 2.24) is 0 Å². The third kappa shape index (κ3) is 4.27. The highest BCUT2D eigenvalue weighted by Crippen LogP contribution is 2.39. The second-order valence-corrected chi connectivity index (χ2v) is 5.66. The van der Waals surface area contributed by atoms with Crippen molar-refractivity contribution < 1.29 is 14.3 Å². The molecule has 0 aromatic heterocycles. The predicted molar refractivity (Wildman–Crippen MR) is 70.3 cm³/mol. The second-order valence-electron chi connectivity index (χ2n) is 5.66. The molecule has 0 amide bonds. The van der Waals surface area contributed by atoms with Crippen LogP contribution in [0.25, 0.3) is 0 Å². The first-order chi connectivity index (χ1) is 8.81. The van der Waals surface area contributed by atoms with E-state index in [2.05, 4.69) is 6.92 Å². The molecule has 0 N–H and O–H groups in total. The molecular formula is C15H26O3. The van der Waals surface area contributed by atoms with Crippen LogP contribution in [-0.2, 0) is 14.3 Å². The predicted octanol–water partition coefficient (Wildman–Crippen LogP) is 3.46. The van der Waals surface area contributed by atoms with Crippen molar-refractivity contribution in [2.24, 2.45) is 5.92 Å². The van der Waals surface area contributed by atoms with E-state index in [0.29, 0.717) is 18.8 Å². The molecule has 0 spiro atoms. The van der Waals surface area contributed by atoms with E-state index in [9.17, 15) is 4.79 Å². The first kappa shape index (κ1) is 13.9. The topological polar surface area (TPSA) is 38.8 Å². The van der Waals surface area contributed by atoms with Crippen molar-refractivity contribution in [2.75, 3.05) is 6.61 Å². The van der Waals surface area contributed by atoms with E-state index < -0.39 is 0 Å². The van der Waals surface area contributed by atoms with Crippen LogP contribution in [0.2, 0.25) is 0 Å². The van der Waals surface area contributed by atoms with Crippen molar-refractivity contribution in [1.29, 1.82) is 0 Å². The lowest BCUT2D eigenvalue weighted by Gasteiger charge is -2.17. The molecule has 1 saturated heterocycles. The zero-order valence-electron chi connectivity index (χ0n) is 11.5. The minimum atomic E-state index is 0.0116. The van der Waals surface area contributed by atoms with Gasteiger partial charge in [0.2, 0.25) is 0 Å². The summed E-state index contributed by atoms with van der Waals surface area (Å²) in [7, 11) is 0. The SMILES string of the molecule is CCCCCCCCOC(=O)C1CCC2OC2C1. The molecule has 0 radical (unpaired) electrons. The summed E-state index contributed by atoms with van der Waals surface area (Å²) in [5.41, 5.74) is 0. The first-order valence-corrected chi connectivity index (χ1v) is 7.63. The average molecular weight is 254 g/mol. The highest BCUT2D eigenvalue weighted by molar-refractivity contribution is 5.72. The lowest BCUT2D eigenvalue weighted by atomic mass is 9.89. The number of rotatable bonds is 8. The maximum atomic E-state index is 11.8. The van der Waals surface area contributed by atoms with Gasteiger partial charge in [-0.25, -0.2) is 0 Å². The zero-order chi connectivity index (χ0) is 12.8. The summed E-state index contributed by atoms with van der Waals surface area (Å²) in [5, 5.41) is 0. The lowest BCUT2D eigenvalue weighted by molar-refractivity contribution is -0.149. The summed E-state index contributed by atoms with van der Waals surface area (Å²) in [5.74, 6) is 0.117. The van der Waals surface area contributed by atoms with Crippen LogP contribution in [0.15, 0.2) is 0 Å². The van der Waals surface area contributed by atoms with Gasteiger partial charge in [0.05, 0.1) is 24.7 Å². The molecule has 3 atom stereocenters. The normalized spacial score (nSPS) is 29.7. The van der Waals surface area contributed by atoms with E-state index in [0.717, 1.165) is 25.7 Å². The van der Waals surface area contributed by atoms with Crippen molar-refractivity contribution in [2.45, 2.75) is 76.9 Å². The van der Waals surface area contributed by atoms with E-state index in [1.165, 1.54) is 32.1 Å². The van der Waals surface area contributed by atoms with Gasteiger partial charge in [-0.15, -0.1) is 0 Å². The maximum absolute atomic E-state index is 11.8. The molecule has 2 rings (SSSR count). The number of unbranched alkanes of at least 4 members (excludes halogenated alkanes) is 5. The number of carbonyl (C=O) groups is 1. The molecule has 0 bridgehead atoms. The van der Waals surface area contributed by atoms with Crippen LogP contribution in [0.4, 0.5) is 0 Å². The van der Waals surface area contributed by atoms with Crippen LogP contribution in [0.1, 0.15) is 64.7 Å². The monoisotopic (exact) mass is 254 g/mol. The van der Waals surface area contributed by atoms with Crippen LogP contribution >= 0.6 is 0 Å². The minimum Gasteiger partial charge on any atom is -0.465 e. The Morgan fingerprint density at radius 3 is 2.67 bits per heavy atom. The number of carbonyl (C=O) groups excluding carboxylic acids is 1. The van der Waals surface area contributed by atoms with Crippen molar-refractivity contribution >= 4 is 5.97 Å². The van der Waals surface area contributed by atoms with Crippen LogP contribution in [0.5, 0.6) is 0 Å².